The van der Waals surface area contributed by atoms with E-state index >= 15 is 0 Å². The number of hydrogen-bond acceptors (Lipinski definition) is 1. The number of rotatable bonds is 4. The van der Waals surface area contributed by atoms with E-state index in [1.807, 2.05) is 56.3 Å². The van der Waals surface area contributed by atoms with E-state index < -0.39 is 0 Å². The van der Waals surface area contributed by atoms with Crippen molar-refractivity contribution in [1.29, 1.82) is 0 Å². The highest BCUT2D eigenvalue weighted by molar-refractivity contribution is 5.73. The molecule has 0 saturated heterocycles. The van der Waals surface area contributed by atoms with E-state index in [9.17, 15) is 4.79 Å². The number of carbonyl (C=O) groups is 1. The van der Waals surface area contributed by atoms with E-state index in [1.54, 1.807) is 0 Å². The summed E-state index contributed by atoms with van der Waals surface area (Å²) in [6, 6.07) is 16.0. The highest BCUT2D eigenvalue weighted by Crippen LogP contribution is 2.06. The predicted octanol–water partition coefficient (Wildman–Crippen LogP) is 3.30. The Morgan fingerprint density at radius 2 is 1.70 bits per heavy atom. The third-order valence-corrected chi connectivity index (χ3v) is 3.24. The van der Waals surface area contributed by atoms with Crippen molar-refractivity contribution in [2.24, 2.45) is 0 Å². The molecular formula is C17H20N2O. The molecule has 2 aromatic carbocycles. The molecule has 0 aliphatic heterocycles. The summed E-state index contributed by atoms with van der Waals surface area (Å²) in [6.07, 6.45) is 0. The van der Waals surface area contributed by atoms with Gasteiger partial charge in [-0.05, 0) is 30.5 Å². The highest BCUT2D eigenvalue weighted by atomic mass is 16.2. The summed E-state index contributed by atoms with van der Waals surface area (Å²) in [5.41, 5.74) is 4.63. The summed E-state index contributed by atoms with van der Waals surface area (Å²) in [5.74, 6) is 0. The monoisotopic (exact) mass is 268 g/mol. The second-order valence-electron chi connectivity index (χ2n) is 4.95. The Morgan fingerprint density at radius 1 is 0.950 bits per heavy atom. The number of nitrogens with one attached hydrogen (secondary N) is 2. The largest absolute Gasteiger partial charge is 0.334 e. The fraction of sp³-hybridized carbons (Fsp3) is 0.235. The van der Waals surface area contributed by atoms with Crippen molar-refractivity contribution in [3.63, 3.8) is 0 Å². The van der Waals surface area contributed by atoms with Crippen molar-refractivity contribution in [3.05, 3.63) is 70.8 Å². The summed E-state index contributed by atoms with van der Waals surface area (Å²) in [7, 11) is 0. The van der Waals surface area contributed by atoms with Crippen molar-refractivity contribution in [2.45, 2.75) is 26.9 Å². The van der Waals surface area contributed by atoms with Gasteiger partial charge in [0.15, 0.2) is 0 Å². The molecule has 0 bridgehead atoms. The fourth-order valence-corrected chi connectivity index (χ4v) is 2.05. The lowest BCUT2D eigenvalue weighted by molar-refractivity contribution is 0.240. The van der Waals surface area contributed by atoms with Gasteiger partial charge in [-0.1, -0.05) is 54.1 Å². The number of hydrogen-bond donors (Lipinski definition) is 2. The van der Waals surface area contributed by atoms with Crippen LogP contribution in [0.1, 0.15) is 22.3 Å². The van der Waals surface area contributed by atoms with Crippen molar-refractivity contribution in [1.82, 2.24) is 10.6 Å². The molecule has 2 aromatic rings. The van der Waals surface area contributed by atoms with E-state index in [-0.39, 0.29) is 6.03 Å². The number of benzene rings is 2. The molecule has 0 aliphatic rings. The van der Waals surface area contributed by atoms with Gasteiger partial charge < -0.3 is 10.6 Å². The topological polar surface area (TPSA) is 41.1 Å². The van der Waals surface area contributed by atoms with Crippen LogP contribution >= 0.6 is 0 Å². The van der Waals surface area contributed by atoms with E-state index in [4.69, 9.17) is 0 Å². The Balaban J connectivity index is 1.80. The molecule has 104 valence electrons. The zero-order chi connectivity index (χ0) is 14.4. The zero-order valence-corrected chi connectivity index (χ0v) is 11.9. The summed E-state index contributed by atoms with van der Waals surface area (Å²) < 4.78 is 0. The van der Waals surface area contributed by atoms with Crippen LogP contribution in [0, 0.1) is 13.8 Å². The smallest absolute Gasteiger partial charge is 0.315 e. The summed E-state index contributed by atoms with van der Waals surface area (Å²) in [5, 5.41) is 5.74. The van der Waals surface area contributed by atoms with Crippen molar-refractivity contribution in [2.75, 3.05) is 0 Å². The van der Waals surface area contributed by atoms with Crippen LogP contribution in [0.2, 0.25) is 0 Å². The van der Waals surface area contributed by atoms with Crippen molar-refractivity contribution >= 4 is 6.03 Å². The quantitative estimate of drug-likeness (QED) is 0.877. The summed E-state index contributed by atoms with van der Waals surface area (Å²) in [4.78, 5) is 11.8. The minimum Gasteiger partial charge on any atom is -0.334 e. The van der Waals surface area contributed by atoms with Crippen LogP contribution < -0.4 is 10.6 Å². The Morgan fingerprint density at radius 3 is 2.45 bits per heavy atom. The molecule has 3 heteroatoms. The van der Waals surface area contributed by atoms with Crippen molar-refractivity contribution in [3.8, 4) is 0 Å². The second-order valence-corrected chi connectivity index (χ2v) is 4.95. The molecule has 0 fully saturated rings. The first-order valence-corrected chi connectivity index (χ1v) is 6.77. The van der Waals surface area contributed by atoms with Crippen LogP contribution in [-0.4, -0.2) is 6.03 Å². The standard InChI is InChI=1S/C17H20N2O/c1-13-6-5-8-15(10-13)11-18-17(20)19-12-16-9-4-3-7-14(16)2/h3-10H,11-12H2,1-2H3,(H2,18,19,20). The van der Waals surface area contributed by atoms with Gasteiger partial charge >= 0.3 is 6.03 Å². The average molecular weight is 268 g/mol. The minimum absolute atomic E-state index is 0.144. The van der Waals surface area contributed by atoms with Crippen LogP contribution in [0.25, 0.3) is 0 Å². The maximum absolute atomic E-state index is 11.8. The number of carbonyl (C=O) groups excluding carboxylic acids is 1. The van der Waals surface area contributed by atoms with Gasteiger partial charge in [0.2, 0.25) is 0 Å². The maximum atomic E-state index is 11.8. The van der Waals surface area contributed by atoms with Crippen LogP contribution in [0.4, 0.5) is 4.79 Å². The highest BCUT2D eigenvalue weighted by Gasteiger charge is 2.02. The first kappa shape index (κ1) is 14.1. The SMILES string of the molecule is Cc1cccc(CNC(=O)NCc2ccccc2C)c1. The number of aryl methyl sites for hydroxylation is 2. The molecule has 0 atom stereocenters. The second kappa shape index (κ2) is 6.75. The molecule has 0 spiro atoms. The molecule has 3 nitrogen and oxygen atoms in total. The van der Waals surface area contributed by atoms with Gasteiger partial charge in [-0.25, -0.2) is 4.79 Å². The van der Waals surface area contributed by atoms with E-state index in [2.05, 4.69) is 16.7 Å². The summed E-state index contributed by atoms with van der Waals surface area (Å²) in [6.45, 7) is 5.18. The third kappa shape index (κ3) is 4.12. The zero-order valence-electron chi connectivity index (χ0n) is 11.9. The van der Waals surface area contributed by atoms with Gasteiger partial charge in [0, 0.05) is 13.1 Å². The lowest BCUT2D eigenvalue weighted by Crippen LogP contribution is -2.34. The Hall–Kier alpha value is -2.29. The third-order valence-electron chi connectivity index (χ3n) is 3.24. The molecule has 20 heavy (non-hydrogen) atoms. The molecule has 0 radical (unpaired) electrons. The molecule has 0 heterocycles. The van der Waals surface area contributed by atoms with E-state index in [0.29, 0.717) is 13.1 Å². The van der Waals surface area contributed by atoms with Crippen LogP contribution in [0.15, 0.2) is 48.5 Å². The Kier molecular flexibility index (Phi) is 4.77. The Bertz CT molecular complexity index is 593. The van der Waals surface area contributed by atoms with Crippen LogP contribution in [-0.2, 0) is 13.1 Å². The number of amides is 2. The lowest BCUT2D eigenvalue weighted by Gasteiger charge is -2.09. The predicted molar refractivity (Wildman–Crippen MR) is 81.4 cm³/mol. The molecule has 0 unspecified atom stereocenters. The minimum atomic E-state index is -0.144. The van der Waals surface area contributed by atoms with Gasteiger partial charge in [-0.3, -0.25) is 0 Å². The first-order chi connectivity index (χ1) is 9.65. The summed E-state index contributed by atoms with van der Waals surface area (Å²) >= 11 is 0. The van der Waals surface area contributed by atoms with Gasteiger partial charge in [0.1, 0.15) is 0 Å². The average Bonchev–Trinajstić information content (AvgIpc) is 2.44. The van der Waals surface area contributed by atoms with Crippen LogP contribution in [0.3, 0.4) is 0 Å². The molecule has 2 N–H and O–H groups in total. The number of urea groups is 1. The molecular weight excluding hydrogens is 248 g/mol. The molecule has 2 amide bonds. The fourth-order valence-electron chi connectivity index (χ4n) is 2.05. The normalized spacial score (nSPS) is 10.1. The maximum Gasteiger partial charge on any atom is 0.315 e. The van der Waals surface area contributed by atoms with E-state index in [0.717, 1.165) is 11.1 Å². The molecule has 0 aromatic heterocycles. The molecule has 0 saturated carbocycles. The molecule has 2 rings (SSSR count). The van der Waals surface area contributed by atoms with Crippen LogP contribution in [0.5, 0.6) is 0 Å². The van der Waals surface area contributed by atoms with E-state index in [1.165, 1.54) is 11.1 Å². The first-order valence-electron chi connectivity index (χ1n) is 6.77. The lowest BCUT2D eigenvalue weighted by atomic mass is 10.1. The Labute approximate surface area is 120 Å². The molecule has 0 aliphatic carbocycles. The van der Waals surface area contributed by atoms with Gasteiger partial charge in [-0.2, -0.15) is 0 Å². The van der Waals surface area contributed by atoms with Gasteiger partial charge in [0.25, 0.3) is 0 Å². The van der Waals surface area contributed by atoms with Crippen molar-refractivity contribution < 1.29 is 4.79 Å². The van der Waals surface area contributed by atoms with Gasteiger partial charge in [0.05, 0.1) is 0 Å². The van der Waals surface area contributed by atoms with Gasteiger partial charge in [-0.15, -0.1) is 0 Å².